The maximum absolute atomic E-state index is 12.4. The number of nitrogens with zero attached hydrogens (tertiary/aromatic N) is 2. The number of benzene rings is 1. The molecular formula is C17H22N2O3S2. The molecule has 7 heteroatoms. The summed E-state index contributed by atoms with van der Waals surface area (Å²) in [6.45, 7) is 3.98. The van der Waals surface area contributed by atoms with E-state index in [1.165, 1.54) is 11.8 Å². The Hall–Kier alpha value is -1.34. The van der Waals surface area contributed by atoms with E-state index in [0.29, 0.717) is 5.17 Å². The molecule has 2 aliphatic rings. The van der Waals surface area contributed by atoms with Crippen LogP contribution in [0.2, 0.25) is 0 Å². The fourth-order valence-corrected chi connectivity index (χ4v) is 7.20. The second kappa shape index (κ2) is 6.88. The van der Waals surface area contributed by atoms with Crippen molar-refractivity contribution in [3.8, 4) is 0 Å². The highest BCUT2D eigenvalue weighted by Crippen LogP contribution is 2.41. The van der Waals surface area contributed by atoms with Crippen LogP contribution in [0.1, 0.15) is 26.7 Å². The Morgan fingerprint density at radius 3 is 2.54 bits per heavy atom. The predicted molar refractivity (Wildman–Crippen MR) is 99.3 cm³/mol. The van der Waals surface area contributed by atoms with Crippen LogP contribution in [-0.4, -0.2) is 42.3 Å². The summed E-state index contributed by atoms with van der Waals surface area (Å²) in [7, 11) is -3.03. The number of aliphatic imine (C=N–C) groups is 1. The first-order valence-corrected chi connectivity index (χ1v) is 11.0. The predicted octanol–water partition coefficient (Wildman–Crippen LogP) is 2.72. The minimum atomic E-state index is -3.03. The van der Waals surface area contributed by atoms with Crippen LogP contribution in [0.15, 0.2) is 35.3 Å². The van der Waals surface area contributed by atoms with Crippen molar-refractivity contribution in [1.29, 1.82) is 0 Å². The molecule has 2 aliphatic heterocycles. The van der Waals surface area contributed by atoms with E-state index in [4.69, 9.17) is 0 Å². The van der Waals surface area contributed by atoms with E-state index in [-0.39, 0.29) is 34.6 Å². The first kappa shape index (κ1) is 17.5. The van der Waals surface area contributed by atoms with Crippen LogP contribution < -0.4 is 4.90 Å². The van der Waals surface area contributed by atoms with Gasteiger partial charge < -0.3 is 4.90 Å². The number of fused-ring (bicyclic) bond motifs is 1. The molecule has 3 rings (SSSR count). The summed E-state index contributed by atoms with van der Waals surface area (Å²) in [5, 5.41) is 0.589. The third-order valence-corrected chi connectivity index (χ3v) is 7.85. The molecule has 0 N–H and O–H groups in total. The van der Waals surface area contributed by atoms with Crippen molar-refractivity contribution in [3.05, 3.63) is 30.3 Å². The van der Waals surface area contributed by atoms with Gasteiger partial charge in [0.2, 0.25) is 0 Å². The van der Waals surface area contributed by atoms with Crippen molar-refractivity contribution >= 4 is 38.4 Å². The molecule has 1 aromatic carbocycles. The lowest BCUT2D eigenvalue weighted by Gasteiger charge is -2.24. The van der Waals surface area contributed by atoms with Crippen LogP contribution in [0.25, 0.3) is 0 Å². The molecule has 0 bridgehead atoms. The van der Waals surface area contributed by atoms with Gasteiger partial charge in [-0.2, -0.15) is 4.99 Å². The van der Waals surface area contributed by atoms with Crippen molar-refractivity contribution in [2.45, 2.75) is 38.0 Å². The average Bonchev–Trinajstić information content (AvgIpc) is 3.00. The zero-order chi connectivity index (χ0) is 17.3. The second-order valence-corrected chi connectivity index (χ2v) is 9.61. The Bertz CT molecular complexity index is 742. The van der Waals surface area contributed by atoms with Crippen molar-refractivity contribution in [2.24, 2.45) is 10.9 Å². The molecule has 2 fully saturated rings. The highest BCUT2D eigenvalue weighted by atomic mass is 32.2. The standard InChI is InChI=1S/C17H22N2O3S2/c1-3-12(4-2)16(20)18-17-19(13-8-6-5-7-9-13)14-10-24(21,22)11-15(14)23-17/h5-9,12,14-15H,3-4,10-11H2,1-2H3. The molecular weight excluding hydrogens is 344 g/mol. The Kier molecular flexibility index (Phi) is 5.01. The normalized spacial score (nSPS) is 27.0. The molecule has 0 spiro atoms. The monoisotopic (exact) mass is 366 g/mol. The minimum absolute atomic E-state index is 0.0524. The van der Waals surface area contributed by atoms with Gasteiger partial charge in [-0.1, -0.05) is 43.8 Å². The Balaban J connectivity index is 1.96. The van der Waals surface area contributed by atoms with E-state index in [1.54, 1.807) is 0 Å². The zero-order valence-electron chi connectivity index (χ0n) is 13.9. The fraction of sp³-hybridized carbons (Fsp3) is 0.529. The van der Waals surface area contributed by atoms with Gasteiger partial charge in [0.15, 0.2) is 15.0 Å². The molecule has 130 valence electrons. The van der Waals surface area contributed by atoms with E-state index >= 15 is 0 Å². The first-order chi connectivity index (χ1) is 11.4. The summed E-state index contributed by atoms with van der Waals surface area (Å²) in [6.07, 6.45) is 1.53. The van der Waals surface area contributed by atoms with Crippen molar-refractivity contribution in [2.75, 3.05) is 16.4 Å². The van der Waals surface area contributed by atoms with Gasteiger partial charge in [-0.15, -0.1) is 0 Å². The van der Waals surface area contributed by atoms with Crippen LogP contribution in [0, 0.1) is 5.92 Å². The maximum atomic E-state index is 12.4. The van der Waals surface area contributed by atoms with Crippen molar-refractivity contribution < 1.29 is 13.2 Å². The van der Waals surface area contributed by atoms with E-state index in [2.05, 4.69) is 4.99 Å². The summed E-state index contributed by atoms with van der Waals surface area (Å²) < 4.78 is 24.0. The van der Waals surface area contributed by atoms with Gasteiger partial charge >= 0.3 is 0 Å². The van der Waals surface area contributed by atoms with Gasteiger partial charge in [-0.25, -0.2) is 8.42 Å². The second-order valence-electron chi connectivity index (χ2n) is 6.25. The molecule has 5 nitrogen and oxygen atoms in total. The third-order valence-electron chi connectivity index (χ3n) is 4.64. The van der Waals surface area contributed by atoms with Gasteiger partial charge in [0.1, 0.15) is 0 Å². The summed E-state index contributed by atoms with van der Waals surface area (Å²) >= 11 is 1.43. The number of para-hydroxylation sites is 1. The van der Waals surface area contributed by atoms with Crippen molar-refractivity contribution in [3.63, 3.8) is 0 Å². The Labute approximate surface area is 147 Å². The van der Waals surface area contributed by atoms with Crippen molar-refractivity contribution in [1.82, 2.24) is 0 Å². The number of sulfone groups is 1. The highest BCUT2D eigenvalue weighted by molar-refractivity contribution is 8.16. The van der Waals surface area contributed by atoms with Crippen LogP contribution in [0.4, 0.5) is 5.69 Å². The van der Waals surface area contributed by atoms with E-state index in [1.807, 2.05) is 49.1 Å². The van der Waals surface area contributed by atoms with Crippen LogP contribution in [-0.2, 0) is 14.6 Å². The molecule has 0 aromatic heterocycles. The van der Waals surface area contributed by atoms with Gasteiger partial charge in [-0.05, 0) is 25.0 Å². The quantitative estimate of drug-likeness (QED) is 0.820. The highest BCUT2D eigenvalue weighted by Gasteiger charge is 2.49. The molecule has 2 atom stereocenters. The molecule has 0 aliphatic carbocycles. The maximum Gasteiger partial charge on any atom is 0.251 e. The number of hydrogen-bond donors (Lipinski definition) is 0. The summed E-state index contributed by atoms with van der Waals surface area (Å²) in [5.74, 6) is 0.105. The van der Waals surface area contributed by atoms with Crippen LogP contribution in [0.3, 0.4) is 0 Å². The molecule has 2 heterocycles. The first-order valence-electron chi connectivity index (χ1n) is 8.29. The molecule has 0 saturated carbocycles. The molecule has 2 saturated heterocycles. The van der Waals surface area contributed by atoms with Crippen LogP contribution in [0.5, 0.6) is 0 Å². The fourth-order valence-electron chi connectivity index (χ4n) is 3.28. The topological polar surface area (TPSA) is 66.8 Å². The molecule has 24 heavy (non-hydrogen) atoms. The molecule has 2 unspecified atom stereocenters. The smallest absolute Gasteiger partial charge is 0.251 e. The number of carbonyl (C=O) groups is 1. The minimum Gasteiger partial charge on any atom is -0.316 e. The van der Waals surface area contributed by atoms with Gasteiger partial charge in [0.25, 0.3) is 5.91 Å². The Morgan fingerprint density at radius 1 is 1.25 bits per heavy atom. The number of amides is 1. The van der Waals surface area contributed by atoms with Gasteiger partial charge in [0.05, 0.1) is 17.5 Å². The number of hydrogen-bond acceptors (Lipinski definition) is 4. The number of thioether (sulfide) groups is 1. The van der Waals surface area contributed by atoms with Gasteiger partial charge in [0, 0.05) is 16.9 Å². The van der Waals surface area contributed by atoms with E-state index in [9.17, 15) is 13.2 Å². The molecule has 1 amide bonds. The number of amidine groups is 1. The summed E-state index contributed by atoms with van der Waals surface area (Å²) in [4.78, 5) is 18.8. The SMILES string of the molecule is CCC(CC)C(=O)N=C1SC2CS(=O)(=O)CC2N1c1ccccc1. The molecule has 1 aromatic rings. The summed E-state index contributed by atoms with van der Waals surface area (Å²) in [5.41, 5.74) is 0.894. The lowest BCUT2D eigenvalue weighted by atomic mass is 10.0. The number of carbonyl (C=O) groups excluding carboxylic acids is 1. The van der Waals surface area contributed by atoms with E-state index in [0.717, 1.165) is 18.5 Å². The molecule has 0 radical (unpaired) electrons. The lowest BCUT2D eigenvalue weighted by molar-refractivity contribution is -0.121. The Morgan fingerprint density at radius 2 is 1.92 bits per heavy atom. The largest absolute Gasteiger partial charge is 0.316 e. The number of anilines is 1. The van der Waals surface area contributed by atoms with Gasteiger partial charge in [-0.3, -0.25) is 4.79 Å². The van der Waals surface area contributed by atoms with Crippen LogP contribution >= 0.6 is 11.8 Å². The summed E-state index contributed by atoms with van der Waals surface area (Å²) in [6, 6.07) is 9.47. The zero-order valence-corrected chi connectivity index (χ0v) is 15.5. The lowest BCUT2D eigenvalue weighted by Crippen LogP contribution is -2.37. The third kappa shape index (κ3) is 3.37. The van der Waals surface area contributed by atoms with E-state index < -0.39 is 9.84 Å². The number of rotatable bonds is 4. The average molecular weight is 367 g/mol.